The fourth-order valence-corrected chi connectivity index (χ4v) is 4.58. The van der Waals surface area contributed by atoms with Gasteiger partial charge in [-0.25, -0.2) is 9.97 Å². The molecule has 0 radical (unpaired) electrons. The molecule has 8 nitrogen and oxygen atoms in total. The summed E-state index contributed by atoms with van der Waals surface area (Å²) in [4.78, 5) is 32.0. The number of ketones is 1. The van der Waals surface area contributed by atoms with E-state index in [4.69, 9.17) is 5.11 Å². The van der Waals surface area contributed by atoms with Crippen molar-refractivity contribution in [2.24, 2.45) is 0 Å². The van der Waals surface area contributed by atoms with Crippen LogP contribution in [0.15, 0.2) is 23.4 Å². The molecule has 1 aliphatic rings. The number of aliphatic hydroxyl groups is 1. The third kappa shape index (κ3) is 5.05. The highest BCUT2D eigenvalue weighted by Gasteiger charge is 2.36. The van der Waals surface area contributed by atoms with E-state index in [0.29, 0.717) is 15.1 Å². The number of amides is 1. The molecule has 13 heteroatoms. The lowest BCUT2D eigenvalue weighted by atomic mass is 10.3. The molecule has 0 unspecified atom stereocenters. The normalized spacial score (nSPS) is 14.2. The minimum Gasteiger partial charge on any atom is -0.387 e. The third-order valence-corrected chi connectivity index (χ3v) is 6.53. The van der Waals surface area contributed by atoms with Crippen molar-refractivity contribution in [1.29, 1.82) is 0 Å². The number of rotatable bonds is 8. The van der Waals surface area contributed by atoms with Crippen LogP contribution < -0.4 is 5.32 Å². The number of hydrogen-bond donors (Lipinski definition) is 2. The minimum atomic E-state index is -4.72. The van der Waals surface area contributed by atoms with Crippen molar-refractivity contribution in [2.75, 3.05) is 12.4 Å². The van der Waals surface area contributed by atoms with Gasteiger partial charge in [0.25, 0.3) is 0 Å². The summed E-state index contributed by atoms with van der Waals surface area (Å²) in [5, 5.41) is 15.8. The molecule has 3 aromatic heterocycles. The molecule has 3 heterocycles. The highest BCUT2D eigenvalue weighted by molar-refractivity contribution is 8.00. The molecule has 4 rings (SSSR count). The largest absolute Gasteiger partial charge is 0.451 e. The summed E-state index contributed by atoms with van der Waals surface area (Å²) in [6.07, 6.45) is -1.27. The zero-order valence-corrected chi connectivity index (χ0v) is 17.5. The van der Waals surface area contributed by atoms with E-state index in [1.54, 1.807) is 23.0 Å². The number of alkyl halides is 3. The molecule has 1 aliphatic carbocycles. The Bertz CT molecular complexity index is 1140. The standard InChI is InChI=1S/C18H16F3N5O3S2/c19-18(20,21)17-23-15-11(6-26(25-15)9-1-2-9)16(24-17)30-8-12(28)13-4-3-10(31-13)5-22-14(29)7-27/h3-4,6,9,27H,1-2,5,7-8H2,(H,22,29). The zero-order chi connectivity index (χ0) is 22.2. The number of nitrogens with zero attached hydrogens (tertiary/aromatic N) is 4. The van der Waals surface area contributed by atoms with Gasteiger partial charge < -0.3 is 10.4 Å². The van der Waals surface area contributed by atoms with Crippen LogP contribution in [-0.4, -0.2) is 48.9 Å². The second-order valence-corrected chi connectivity index (χ2v) is 8.97. The Labute approximate surface area is 181 Å². The Kier molecular flexibility index (Phi) is 5.99. The van der Waals surface area contributed by atoms with Crippen LogP contribution >= 0.6 is 23.1 Å². The first-order chi connectivity index (χ1) is 14.7. The van der Waals surface area contributed by atoms with Crippen LogP contribution in [0.1, 0.15) is 39.3 Å². The predicted molar refractivity (Wildman–Crippen MR) is 107 cm³/mol. The lowest BCUT2D eigenvalue weighted by Gasteiger charge is -2.07. The van der Waals surface area contributed by atoms with E-state index in [0.717, 1.165) is 24.6 Å². The van der Waals surface area contributed by atoms with E-state index in [1.807, 2.05) is 0 Å². The molecule has 2 N–H and O–H groups in total. The van der Waals surface area contributed by atoms with Crippen molar-refractivity contribution < 1.29 is 27.9 Å². The molecule has 1 saturated carbocycles. The smallest absolute Gasteiger partial charge is 0.387 e. The van der Waals surface area contributed by atoms with Crippen molar-refractivity contribution in [2.45, 2.75) is 36.6 Å². The summed E-state index contributed by atoms with van der Waals surface area (Å²) in [7, 11) is 0. The number of thioether (sulfide) groups is 1. The monoisotopic (exact) mass is 471 g/mol. The summed E-state index contributed by atoms with van der Waals surface area (Å²) in [6, 6.07) is 3.43. The van der Waals surface area contributed by atoms with E-state index < -0.39 is 24.5 Å². The Balaban J connectivity index is 1.51. The zero-order valence-electron chi connectivity index (χ0n) is 15.8. The fraction of sp³-hybridized carbons (Fsp3) is 0.389. The van der Waals surface area contributed by atoms with Crippen LogP contribution in [-0.2, 0) is 17.5 Å². The van der Waals surface area contributed by atoms with Crippen molar-refractivity contribution in [3.05, 3.63) is 33.9 Å². The minimum absolute atomic E-state index is 0.0396. The van der Waals surface area contributed by atoms with Gasteiger partial charge in [-0.15, -0.1) is 11.3 Å². The molecular formula is C18H16F3N5O3S2. The predicted octanol–water partition coefficient (Wildman–Crippen LogP) is 2.83. The van der Waals surface area contributed by atoms with Crippen molar-refractivity contribution >= 4 is 45.8 Å². The van der Waals surface area contributed by atoms with Gasteiger partial charge in [0.2, 0.25) is 11.7 Å². The summed E-state index contributed by atoms with van der Waals surface area (Å²) in [6.45, 7) is -0.454. The molecule has 0 aromatic carbocycles. The number of fused-ring (bicyclic) bond motifs is 1. The molecule has 31 heavy (non-hydrogen) atoms. The molecule has 0 saturated heterocycles. The number of nitrogens with one attached hydrogen (secondary N) is 1. The van der Waals surface area contributed by atoms with E-state index in [1.165, 1.54) is 11.3 Å². The molecule has 164 valence electrons. The summed E-state index contributed by atoms with van der Waals surface area (Å²) in [5.74, 6) is -2.20. The first-order valence-corrected chi connectivity index (χ1v) is 11.0. The summed E-state index contributed by atoms with van der Waals surface area (Å²) >= 11 is 2.08. The van der Waals surface area contributed by atoms with Crippen molar-refractivity contribution in [1.82, 2.24) is 25.1 Å². The summed E-state index contributed by atoms with van der Waals surface area (Å²) < 4.78 is 41.3. The number of hydrogen-bond acceptors (Lipinski definition) is 8. The van der Waals surface area contributed by atoms with E-state index in [9.17, 15) is 22.8 Å². The molecule has 0 spiro atoms. The average molecular weight is 471 g/mol. The van der Waals surface area contributed by atoms with Gasteiger partial charge in [0.1, 0.15) is 11.6 Å². The molecular weight excluding hydrogens is 455 g/mol. The number of carbonyl (C=O) groups excluding carboxylic acids is 2. The van der Waals surface area contributed by atoms with Crippen LogP contribution in [0.5, 0.6) is 0 Å². The molecule has 1 fully saturated rings. The highest BCUT2D eigenvalue weighted by atomic mass is 32.2. The first-order valence-electron chi connectivity index (χ1n) is 9.21. The van der Waals surface area contributed by atoms with Gasteiger partial charge in [-0.3, -0.25) is 14.3 Å². The lowest BCUT2D eigenvalue weighted by Crippen LogP contribution is -2.25. The van der Waals surface area contributed by atoms with Crippen LogP contribution in [0.2, 0.25) is 0 Å². The topological polar surface area (TPSA) is 110 Å². The molecule has 1 amide bonds. The quantitative estimate of drug-likeness (QED) is 0.295. The van der Waals surface area contributed by atoms with Crippen LogP contribution in [0.3, 0.4) is 0 Å². The number of aromatic nitrogens is 4. The van der Waals surface area contributed by atoms with Gasteiger partial charge in [0.05, 0.1) is 28.6 Å². The Hall–Kier alpha value is -2.51. The first kappa shape index (κ1) is 21.7. The third-order valence-electron chi connectivity index (χ3n) is 4.42. The second kappa shape index (κ2) is 8.55. The van der Waals surface area contributed by atoms with Gasteiger partial charge in [0.15, 0.2) is 11.4 Å². The maximum atomic E-state index is 13.2. The number of Topliss-reactive ketones (excluding diaryl/α,β-unsaturated/α-hetero) is 1. The Morgan fingerprint density at radius 3 is 2.74 bits per heavy atom. The second-order valence-electron chi connectivity index (χ2n) is 6.84. The number of aliphatic hydroxyl groups excluding tert-OH is 1. The Morgan fingerprint density at radius 2 is 2.06 bits per heavy atom. The molecule has 0 atom stereocenters. The van der Waals surface area contributed by atoms with Gasteiger partial charge in [-0.1, -0.05) is 11.8 Å². The van der Waals surface area contributed by atoms with Crippen LogP contribution in [0, 0.1) is 0 Å². The van der Waals surface area contributed by atoms with Gasteiger partial charge >= 0.3 is 6.18 Å². The van der Waals surface area contributed by atoms with Crippen LogP contribution in [0.25, 0.3) is 11.0 Å². The maximum absolute atomic E-state index is 13.2. The molecule has 3 aromatic rings. The van der Waals surface area contributed by atoms with Crippen molar-refractivity contribution in [3.63, 3.8) is 0 Å². The summed E-state index contributed by atoms with van der Waals surface area (Å²) in [5.41, 5.74) is -0.0396. The lowest BCUT2D eigenvalue weighted by molar-refractivity contribution is -0.145. The Morgan fingerprint density at radius 1 is 1.29 bits per heavy atom. The van der Waals surface area contributed by atoms with Crippen molar-refractivity contribution in [3.8, 4) is 0 Å². The number of carbonyl (C=O) groups is 2. The van der Waals surface area contributed by atoms with E-state index >= 15 is 0 Å². The number of halogens is 3. The van der Waals surface area contributed by atoms with Gasteiger partial charge in [-0.05, 0) is 25.0 Å². The maximum Gasteiger partial charge on any atom is 0.451 e. The number of thiophene rings is 1. The highest BCUT2D eigenvalue weighted by Crippen LogP contribution is 2.37. The van der Waals surface area contributed by atoms with Gasteiger partial charge in [0, 0.05) is 11.1 Å². The van der Waals surface area contributed by atoms with Gasteiger partial charge in [-0.2, -0.15) is 18.3 Å². The van der Waals surface area contributed by atoms with E-state index in [-0.39, 0.29) is 34.8 Å². The molecule has 0 bridgehead atoms. The fourth-order valence-electron chi connectivity index (χ4n) is 2.73. The average Bonchev–Trinajstić information content (AvgIpc) is 3.31. The SMILES string of the molecule is O=C(CO)NCc1ccc(C(=O)CSc2nc(C(F)(F)F)nc3nn(C4CC4)cc23)s1. The van der Waals surface area contributed by atoms with Crippen LogP contribution in [0.4, 0.5) is 13.2 Å². The van der Waals surface area contributed by atoms with E-state index in [2.05, 4.69) is 20.4 Å². The molecule has 0 aliphatic heterocycles.